The summed E-state index contributed by atoms with van der Waals surface area (Å²) in [5, 5.41) is 20.7. The molecule has 2 aliphatic rings. The Balaban J connectivity index is 1.64. The number of carbonyl (C=O) groups is 1. The topological polar surface area (TPSA) is 110 Å². The molecule has 0 bridgehead atoms. The smallest absolute Gasteiger partial charge is 0.261 e. The zero-order chi connectivity index (χ0) is 21.7. The van der Waals surface area contributed by atoms with Gasteiger partial charge in [-0.05, 0) is 37.7 Å². The van der Waals surface area contributed by atoms with Gasteiger partial charge in [0.2, 0.25) is 0 Å². The van der Waals surface area contributed by atoms with Crippen LogP contribution in [0.5, 0.6) is 0 Å². The SMILES string of the molecule is C[C@@H]1[C@@H]([Si](C)(C)O)[C@H](CCn2cc(CCO)nn2)O[C@@]12C(=O)Nc1ccc(Cl)cc12. The first-order chi connectivity index (χ1) is 14.2. The van der Waals surface area contributed by atoms with Crippen LogP contribution in [0, 0.1) is 5.92 Å². The highest BCUT2D eigenvalue weighted by Crippen LogP contribution is 2.58. The molecular weight excluding hydrogens is 424 g/mol. The van der Waals surface area contributed by atoms with Crippen molar-refractivity contribution in [2.24, 2.45) is 5.92 Å². The van der Waals surface area contributed by atoms with Crippen LogP contribution in [0.25, 0.3) is 0 Å². The number of aromatic nitrogens is 3. The van der Waals surface area contributed by atoms with Crippen LogP contribution in [0.4, 0.5) is 5.69 Å². The highest BCUT2D eigenvalue weighted by atomic mass is 35.5. The number of nitrogens with one attached hydrogen (secondary N) is 1. The number of carbonyl (C=O) groups excluding carboxylic acids is 1. The minimum absolute atomic E-state index is 0.0217. The van der Waals surface area contributed by atoms with Gasteiger partial charge in [-0.1, -0.05) is 23.7 Å². The number of aliphatic hydroxyl groups is 1. The van der Waals surface area contributed by atoms with Gasteiger partial charge < -0.3 is 20.0 Å². The van der Waals surface area contributed by atoms with Crippen LogP contribution in [-0.4, -0.2) is 51.8 Å². The van der Waals surface area contributed by atoms with E-state index < -0.39 is 13.9 Å². The maximum Gasteiger partial charge on any atom is 0.261 e. The van der Waals surface area contributed by atoms with Crippen molar-refractivity contribution in [1.29, 1.82) is 0 Å². The van der Waals surface area contributed by atoms with Crippen molar-refractivity contribution in [2.45, 2.75) is 56.7 Å². The fourth-order valence-electron chi connectivity index (χ4n) is 5.08. The van der Waals surface area contributed by atoms with Crippen LogP contribution in [0.1, 0.15) is 24.6 Å². The van der Waals surface area contributed by atoms with E-state index in [1.165, 1.54) is 0 Å². The number of nitrogens with zero attached hydrogens (tertiary/aromatic N) is 3. The predicted octanol–water partition coefficient (Wildman–Crippen LogP) is 2.31. The summed E-state index contributed by atoms with van der Waals surface area (Å²) in [5.41, 5.74) is 0.866. The summed E-state index contributed by atoms with van der Waals surface area (Å²) in [6.07, 6.45) is 2.53. The van der Waals surface area contributed by atoms with Crippen LogP contribution >= 0.6 is 11.6 Å². The van der Waals surface area contributed by atoms with Crippen molar-refractivity contribution in [3.8, 4) is 0 Å². The average Bonchev–Trinajstić information content (AvgIpc) is 3.31. The highest BCUT2D eigenvalue weighted by molar-refractivity contribution is 6.71. The molecule has 1 spiro atoms. The zero-order valence-corrected chi connectivity index (χ0v) is 19.1. The Bertz CT molecular complexity index is 963. The molecule has 1 saturated heterocycles. The summed E-state index contributed by atoms with van der Waals surface area (Å²) in [6, 6.07) is 5.32. The number of benzene rings is 1. The largest absolute Gasteiger partial charge is 0.432 e. The van der Waals surface area contributed by atoms with Gasteiger partial charge in [-0.25, -0.2) is 0 Å². The highest BCUT2D eigenvalue weighted by Gasteiger charge is 2.64. The molecule has 4 atom stereocenters. The molecule has 3 N–H and O–H groups in total. The predicted molar refractivity (Wildman–Crippen MR) is 115 cm³/mol. The van der Waals surface area contributed by atoms with E-state index in [1.807, 2.05) is 20.0 Å². The molecule has 2 aliphatic heterocycles. The average molecular weight is 451 g/mol. The van der Waals surface area contributed by atoms with Gasteiger partial charge in [0.25, 0.3) is 5.91 Å². The van der Waals surface area contributed by atoms with Gasteiger partial charge in [-0.3, -0.25) is 9.48 Å². The molecular formula is C20H27ClN4O4Si. The van der Waals surface area contributed by atoms with E-state index in [4.69, 9.17) is 21.4 Å². The van der Waals surface area contributed by atoms with Gasteiger partial charge in [0.05, 0.1) is 11.8 Å². The summed E-state index contributed by atoms with van der Waals surface area (Å²) in [7, 11) is -2.67. The molecule has 1 fully saturated rings. The number of aliphatic hydroxyl groups excluding tert-OH is 1. The monoisotopic (exact) mass is 450 g/mol. The second kappa shape index (κ2) is 7.72. The lowest BCUT2D eigenvalue weighted by Crippen LogP contribution is -2.43. The Morgan fingerprint density at radius 2 is 2.17 bits per heavy atom. The first kappa shape index (κ1) is 21.4. The van der Waals surface area contributed by atoms with Crippen molar-refractivity contribution in [2.75, 3.05) is 11.9 Å². The second-order valence-electron chi connectivity index (χ2n) is 8.74. The quantitative estimate of drug-likeness (QED) is 0.582. The van der Waals surface area contributed by atoms with Crippen LogP contribution in [0.15, 0.2) is 24.4 Å². The normalized spacial score (nSPS) is 28.2. The fraction of sp³-hybridized carbons (Fsp3) is 0.550. The van der Waals surface area contributed by atoms with Gasteiger partial charge >= 0.3 is 0 Å². The Labute approximate surface area is 181 Å². The van der Waals surface area contributed by atoms with Crippen LogP contribution in [0.3, 0.4) is 0 Å². The Hall–Kier alpha value is -1.78. The van der Waals surface area contributed by atoms with E-state index in [-0.39, 0.29) is 30.1 Å². The molecule has 0 unspecified atom stereocenters. The molecule has 2 aromatic rings. The molecule has 30 heavy (non-hydrogen) atoms. The van der Waals surface area contributed by atoms with E-state index in [2.05, 4.69) is 15.6 Å². The zero-order valence-electron chi connectivity index (χ0n) is 17.3. The van der Waals surface area contributed by atoms with E-state index in [0.717, 1.165) is 11.3 Å². The Morgan fingerprint density at radius 1 is 1.40 bits per heavy atom. The molecule has 0 aliphatic carbocycles. The molecule has 0 radical (unpaired) electrons. The van der Waals surface area contributed by atoms with Gasteiger partial charge in [-0.2, -0.15) is 0 Å². The molecule has 1 amide bonds. The minimum atomic E-state index is -2.67. The van der Waals surface area contributed by atoms with Crippen molar-refractivity contribution in [3.63, 3.8) is 0 Å². The Morgan fingerprint density at radius 3 is 2.87 bits per heavy atom. The second-order valence-corrected chi connectivity index (χ2v) is 13.1. The number of halogens is 1. The molecule has 3 heterocycles. The summed E-state index contributed by atoms with van der Waals surface area (Å²) in [6.45, 7) is 6.33. The third-order valence-electron chi connectivity index (χ3n) is 6.30. The first-order valence-electron chi connectivity index (χ1n) is 10.2. The number of hydrogen-bond acceptors (Lipinski definition) is 6. The number of fused-ring (bicyclic) bond motifs is 2. The number of anilines is 1. The summed E-state index contributed by atoms with van der Waals surface area (Å²) in [4.78, 5) is 24.2. The van der Waals surface area contributed by atoms with E-state index >= 15 is 0 Å². The molecule has 0 saturated carbocycles. The molecule has 10 heteroatoms. The number of rotatable bonds is 6. The molecule has 162 valence electrons. The van der Waals surface area contributed by atoms with Crippen molar-refractivity contribution >= 4 is 31.5 Å². The van der Waals surface area contributed by atoms with Crippen LogP contribution in [0.2, 0.25) is 23.7 Å². The van der Waals surface area contributed by atoms with Gasteiger partial charge in [0, 0.05) is 53.5 Å². The van der Waals surface area contributed by atoms with Gasteiger partial charge in [0.1, 0.15) is 0 Å². The van der Waals surface area contributed by atoms with Crippen LogP contribution < -0.4 is 5.32 Å². The summed E-state index contributed by atoms with van der Waals surface area (Å²) < 4.78 is 8.25. The summed E-state index contributed by atoms with van der Waals surface area (Å²) >= 11 is 6.24. The van der Waals surface area contributed by atoms with E-state index in [9.17, 15) is 9.59 Å². The third kappa shape index (κ3) is 3.48. The lowest BCUT2D eigenvalue weighted by atomic mass is 9.82. The van der Waals surface area contributed by atoms with Crippen molar-refractivity contribution < 1.29 is 19.4 Å². The number of amides is 1. The third-order valence-corrected chi connectivity index (χ3v) is 9.04. The van der Waals surface area contributed by atoms with Gasteiger partial charge in [-0.15, -0.1) is 5.10 Å². The van der Waals surface area contributed by atoms with Gasteiger partial charge in [0.15, 0.2) is 13.9 Å². The maximum atomic E-state index is 13.1. The van der Waals surface area contributed by atoms with E-state index in [1.54, 1.807) is 29.1 Å². The van der Waals surface area contributed by atoms with Crippen molar-refractivity contribution in [1.82, 2.24) is 15.0 Å². The molecule has 4 rings (SSSR count). The standard InChI is InChI=1S/C20H27ClN4O4Si/c1-12-18(30(2,3)28)17(6-8-25-11-14(7-9-26)23-24-25)29-20(12)15-10-13(21)4-5-16(15)22-19(20)27/h4-5,10-12,17-18,26,28H,6-9H2,1-3H3,(H,22,27)/t12-,17+,18-,20+/m1/s1. The van der Waals surface area contributed by atoms with Crippen molar-refractivity contribution in [3.05, 3.63) is 40.7 Å². The summed E-state index contributed by atoms with van der Waals surface area (Å²) in [5.74, 6) is -0.418. The maximum absolute atomic E-state index is 13.1. The number of aryl methyl sites for hydroxylation is 1. The molecule has 1 aromatic heterocycles. The number of hydrogen-bond donors (Lipinski definition) is 3. The van der Waals surface area contributed by atoms with Crippen LogP contribution in [-0.2, 0) is 28.1 Å². The van der Waals surface area contributed by atoms with E-state index in [0.29, 0.717) is 30.1 Å². The minimum Gasteiger partial charge on any atom is -0.432 e. The lowest BCUT2D eigenvalue weighted by Gasteiger charge is -2.32. The molecule has 1 aromatic carbocycles. The first-order valence-corrected chi connectivity index (χ1v) is 13.6. The Kier molecular flexibility index (Phi) is 5.52. The molecule has 8 nitrogen and oxygen atoms in total. The fourth-order valence-corrected chi connectivity index (χ4v) is 7.85. The number of ether oxygens (including phenoxy) is 1. The lowest BCUT2D eigenvalue weighted by molar-refractivity contribution is -0.143.